The van der Waals surface area contributed by atoms with Crippen LogP contribution < -0.4 is 0 Å². The Balaban J connectivity index is 2.08. The molecule has 0 saturated heterocycles. The van der Waals surface area contributed by atoms with E-state index >= 15 is 0 Å². The van der Waals surface area contributed by atoms with Crippen molar-refractivity contribution in [1.82, 2.24) is 0 Å². The van der Waals surface area contributed by atoms with Crippen molar-refractivity contribution in [3.05, 3.63) is 24.2 Å². The number of aliphatic hydroxyl groups excluding tert-OH is 1. The molecule has 2 nitrogen and oxygen atoms in total. The quantitative estimate of drug-likeness (QED) is 0.731. The Kier molecular flexibility index (Phi) is 1.55. The van der Waals surface area contributed by atoms with Gasteiger partial charge in [0, 0.05) is 0 Å². The van der Waals surface area contributed by atoms with Crippen LogP contribution in [0.15, 0.2) is 22.8 Å². The van der Waals surface area contributed by atoms with Crippen molar-refractivity contribution in [1.29, 1.82) is 0 Å². The molecular weight excluding hydrogens is 152 g/mol. The Morgan fingerprint density at radius 1 is 1.67 bits per heavy atom. The molecule has 1 aromatic rings. The van der Waals surface area contributed by atoms with E-state index < -0.39 is 6.10 Å². The fraction of sp³-hybridized carbons (Fsp3) is 0.600. The molecule has 2 unspecified atom stereocenters. The number of furan rings is 1. The molecule has 1 aliphatic carbocycles. The summed E-state index contributed by atoms with van der Waals surface area (Å²) in [4.78, 5) is 0. The highest BCUT2D eigenvalue weighted by molar-refractivity contribution is 5.10. The van der Waals surface area contributed by atoms with Gasteiger partial charge in [-0.3, -0.25) is 0 Å². The second-order valence-corrected chi connectivity index (χ2v) is 4.26. The van der Waals surface area contributed by atoms with Crippen molar-refractivity contribution in [2.75, 3.05) is 0 Å². The standard InChI is InChI=1S/C10H14O2/c1-10(2)6-7(10)9(11)8-4-3-5-12-8/h3-5,7,9,11H,6H2,1-2H3. The molecule has 1 aliphatic rings. The van der Waals surface area contributed by atoms with Gasteiger partial charge in [-0.1, -0.05) is 13.8 Å². The predicted molar refractivity (Wildman–Crippen MR) is 45.6 cm³/mol. The second-order valence-electron chi connectivity index (χ2n) is 4.26. The summed E-state index contributed by atoms with van der Waals surface area (Å²) in [5, 5.41) is 9.79. The van der Waals surface area contributed by atoms with Gasteiger partial charge in [0.15, 0.2) is 0 Å². The van der Waals surface area contributed by atoms with Crippen LogP contribution in [0.4, 0.5) is 0 Å². The second kappa shape index (κ2) is 2.36. The van der Waals surface area contributed by atoms with Gasteiger partial charge in [-0.05, 0) is 29.9 Å². The van der Waals surface area contributed by atoms with Crippen molar-refractivity contribution in [3.8, 4) is 0 Å². The molecule has 12 heavy (non-hydrogen) atoms. The van der Waals surface area contributed by atoms with Crippen molar-refractivity contribution < 1.29 is 9.52 Å². The molecule has 1 saturated carbocycles. The summed E-state index contributed by atoms with van der Waals surface area (Å²) in [6.45, 7) is 4.34. The van der Waals surface area contributed by atoms with E-state index in [1.165, 1.54) is 0 Å². The molecule has 2 heteroatoms. The molecule has 2 atom stereocenters. The fourth-order valence-electron chi connectivity index (χ4n) is 1.70. The van der Waals surface area contributed by atoms with Gasteiger partial charge in [0.05, 0.1) is 6.26 Å². The van der Waals surface area contributed by atoms with E-state index in [1.807, 2.05) is 12.1 Å². The first-order chi connectivity index (χ1) is 5.61. The lowest BCUT2D eigenvalue weighted by atomic mass is 10.0. The Morgan fingerprint density at radius 2 is 2.33 bits per heavy atom. The minimum atomic E-state index is -0.407. The Morgan fingerprint density at radius 3 is 2.75 bits per heavy atom. The summed E-state index contributed by atoms with van der Waals surface area (Å²) in [6, 6.07) is 3.65. The van der Waals surface area contributed by atoms with E-state index in [-0.39, 0.29) is 0 Å². The third kappa shape index (κ3) is 1.16. The summed E-state index contributed by atoms with van der Waals surface area (Å²) in [5.74, 6) is 1.08. The normalized spacial score (nSPS) is 28.4. The molecule has 0 bridgehead atoms. The monoisotopic (exact) mass is 166 g/mol. The van der Waals surface area contributed by atoms with Crippen molar-refractivity contribution in [3.63, 3.8) is 0 Å². The zero-order chi connectivity index (χ0) is 8.77. The van der Waals surface area contributed by atoms with Gasteiger partial charge in [-0.15, -0.1) is 0 Å². The summed E-state index contributed by atoms with van der Waals surface area (Å²) < 4.78 is 5.14. The van der Waals surface area contributed by atoms with Crippen LogP contribution in [0.2, 0.25) is 0 Å². The van der Waals surface area contributed by atoms with E-state index in [0.717, 1.165) is 6.42 Å². The average molecular weight is 166 g/mol. The minimum absolute atomic E-state index is 0.298. The Bertz CT molecular complexity index is 261. The lowest BCUT2D eigenvalue weighted by Gasteiger charge is -2.08. The van der Waals surface area contributed by atoms with Crippen LogP contribution in [0.5, 0.6) is 0 Å². The highest BCUT2D eigenvalue weighted by Gasteiger charge is 2.50. The summed E-state index contributed by atoms with van der Waals surface area (Å²) >= 11 is 0. The highest BCUT2D eigenvalue weighted by atomic mass is 16.4. The Hall–Kier alpha value is -0.760. The molecule has 0 radical (unpaired) electrons. The van der Waals surface area contributed by atoms with Gasteiger partial charge in [-0.2, -0.15) is 0 Å². The number of aliphatic hydroxyl groups is 1. The lowest BCUT2D eigenvalue weighted by molar-refractivity contribution is 0.113. The molecule has 1 heterocycles. The van der Waals surface area contributed by atoms with Gasteiger partial charge in [0.25, 0.3) is 0 Å². The third-order valence-electron chi connectivity index (χ3n) is 2.81. The van der Waals surface area contributed by atoms with Crippen LogP contribution >= 0.6 is 0 Å². The molecule has 0 aromatic carbocycles. The fourth-order valence-corrected chi connectivity index (χ4v) is 1.70. The van der Waals surface area contributed by atoms with Crippen molar-refractivity contribution in [2.24, 2.45) is 11.3 Å². The maximum atomic E-state index is 9.79. The van der Waals surface area contributed by atoms with E-state index in [9.17, 15) is 5.11 Å². The van der Waals surface area contributed by atoms with Gasteiger partial charge >= 0.3 is 0 Å². The van der Waals surface area contributed by atoms with Crippen LogP contribution in [-0.2, 0) is 0 Å². The van der Waals surface area contributed by atoms with Crippen molar-refractivity contribution >= 4 is 0 Å². The van der Waals surface area contributed by atoms with Crippen LogP contribution in [0.25, 0.3) is 0 Å². The molecule has 66 valence electrons. The first-order valence-electron chi connectivity index (χ1n) is 4.33. The van der Waals surface area contributed by atoms with Gasteiger partial charge < -0.3 is 9.52 Å². The molecule has 0 aliphatic heterocycles. The first-order valence-corrected chi connectivity index (χ1v) is 4.33. The van der Waals surface area contributed by atoms with E-state index in [2.05, 4.69) is 13.8 Å². The smallest absolute Gasteiger partial charge is 0.132 e. The van der Waals surface area contributed by atoms with Crippen LogP contribution in [0.1, 0.15) is 32.1 Å². The zero-order valence-corrected chi connectivity index (χ0v) is 7.45. The van der Waals surface area contributed by atoms with Crippen LogP contribution in [-0.4, -0.2) is 5.11 Å². The third-order valence-corrected chi connectivity index (χ3v) is 2.81. The van der Waals surface area contributed by atoms with Crippen LogP contribution in [0, 0.1) is 11.3 Å². The molecule has 0 amide bonds. The lowest BCUT2D eigenvalue weighted by Crippen LogP contribution is -2.03. The van der Waals surface area contributed by atoms with Gasteiger partial charge in [0.1, 0.15) is 11.9 Å². The number of hydrogen-bond acceptors (Lipinski definition) is 2. The maximum absolute atomic E-state index is 9.79. The molecule has 0 spiro atoms. The topological polar surface area (TPSA) is 33.4 Å². The highest BCUT2D eigenvalue weighted by Crippen LogP contribution is 2.57. The van der Waals surface area contributed by atoms with Crippen LogP contribution in [0.3, 0.4) is 0 Å². The number of rotatable bonds is 2. The summed E-state index contributed by atoms with van der Waals surface area (Å²) in [5.41, 5.74) is 0.298. The molecule has 2 rings (SSSR count). The minimum Gasteiger partial charge on any atom is -0.467 e. The number of hydrogen-bond donors (Lipinski definition) is 1. The molecular formula is C10H14O2. The van der Waals surface area contributed by atoms with Gasteiger partial charge in [0.2, 0.25) is 0 Å². The zero-order valence-electron chi connectivity index (χ0n) is 7.45. The molecule has 1 N–H and O–H groups in total. The van der Waals surface area contributed by atoms with Crippen molar-refractivity contribution in [2.45, 2.75) is 26.4 Å². The predicted octanol–water partition coefficient (Wildman–Crippen LogP) is 2.36. The molecule has 1 fully saturated rings. The Labute approximate surface area is 72.2 Å². The average Bonchev–Trinajstić information content (AvgIpc) is 2.56. The SMILES string of the molecule is CC1(C)CC1C(O)c1ccco1. The first kappa shape index (κ1) is 7.87. The van der Waals surface area contributed by atoms with E-state index in [4.69, 9.17) is 4.42 Å². The summed E-state index contributed by atoms with van der Waals surface area (Å²) in [6.07, 6.45) is 2.29. The molecule has 1 aromatic heterocycles. The maximum Gasteiger partial charge on any atom is 0.132 e. The van der Waals surface area contributed by atoms with E-state index in [0.29, 0.717) is 17.1 Å². The van der Waals surface area contributed by atoms with Gasteiger partial charge in [-0.25, -0.2) is 0 Å². The largest absolute Gasteiger partial charge is 0.467 e. The van der Waals surface area contributed by atoms with E-state index in [1.54, 1.807) is 6.26 Å². The summed E-state index contributed by atoms with van der Waals surface area (Å²) in [7, 11) is 0.